The average molecular weight is 389 g/mol. The lowest BCUT2D eigenvalue weighted by molar-refractivity contribution is -0.142. The molecule has 0 radical (unpaired) electrons. The number of fused-ring (bicyclic) bond motifs is 1. The molecule has 0 unspecified atom stereocenters. The Kier molecular flexibility index (Phi) is 5.47. The number of carbonyl (C=O) groups excluding carboxylic acids is 2. The van der Waals surface area contributed by atoms with Crippen LogP contribution in [0.1, 0.15) is 41.3 Å². The number of amides is 1. The van der Waals surface area contributed by atoms with E-state index in [4.69, 9.17) is 4.74 Å². The van der Waals surface area contributed by atoms with E-state index >= 15 is 0 Å². The number of nitrogens with zero attached hydrogens (tertiary/aromatic N) is 1. The van der Waals surface area contributed by atoms with Gasteiger partial charge in [-0.05, 0) is 30.7 Å². The zero-order valence-corrected chi connectivity index (χ0v) is 16.1. The number of aromatic hydroxyl groups is 1. The molecule has 3 aromatic carbocycles. The third-order valence-corrected chi connectivity index (χ3v) is 5.34. The number of likely N-dealkylation sites (tertiary alicyclic amines) is 1. The van der Waals surface area contributed by atoms with Gasteiger partial charge in [0, 0.05) is 24.0 Å². The van der Waals surface area contributed by atoms with Crippen molar-refractivity contribution >= 4 is 22.6 Å². The van der Waals surface area contributed by atoms with Gasteiger partial charge in [-0.3, -0.25) is 4.79 Å². The van der Waals surface area contributed by atoms with Crippen LogP contribution in [0.4, 0.5) is 0 Å². The first-order valence-electron chi connectivity index (χ1n) is 9.90. The van der Waals surface area contributed by atoms with Crippen molar-refractivity contribution in [1.29, 1.82) is 0 Å². The van der Waals surface area contributed by atoms with E-state index in [-0.39, 0.29) is 17.2 Å². The predicted molar refractivity (Wildman–Crippen MR) is 111 cm³/mol. The Balaban J connectivity index is 1.64. The normalized spacial score (nSPS) is 15.1. The average Bonchev–Trinajstić information content (AvgIpc) is 2.78. The summed E-state index contributed by atoms with van der Waals surface area (Å²) in [7, 11) is 0. The minimum atomic E-state index is -1.03. The summed E-state index contributed by atoms with van der Waals surface area (Å²) in [5, 5.41) is 12.0. The molecule has 1 saturated heterocycles. The van der Waals surface area contributed by atoms with E-state index in [1.807, 2.05) is 30.3 Å². The van der Waals surface area contributed by atoms with E-state index in [2.05, 4.69) is 0 Å². The number of hydrogen-bond acceptors (Lipinski definition) is 4. The van der Waals surface area contributed by atoms with E-state index in [1.165, 1.54) is 6.07 Å². The third kappa shape index (κ3) is 3.94. The van der Waals surface area contributed by atoms with Gasteiger partial charge in [0.25, 0.3) is 5.91 Å². The minimum absolute atomic E-state index is 0.0519. The smallest absolute Gasteiger partial charge is 0.343 e. The van der Waals surface area contributed by atoms with E-state index in [0.717, 1.165) is 24.6 Å². The summed E-state index contributed by atoms with van der Waals surface area (Å²) in [4.78, 5) is 27.8. The highest BCUT2D eigenvalue weighted by molar-refractivity contribution is 6.02. The first-order valence-corrected chi connectivity index (χ1v) is 9.90. The standard InChI is InChI=1S/C24H23NO4/c26-21-19-12-6-5-9-17(19)13-14-20(21)24(28)29-22(18-10-3-1-4-11-18)23(27)25-15-7-2-8-16-25/h1,3-6,9-14,22,26H,2,7-8,15-16H2/t22-/m1/s1. The molecule has 1 fully saturated rings. The number of benzene rings is 3. The van der Waals surface area contributed by atoms with E-state index in [1.54, 1.807) is 35.2 Å². The number of phenolic OH excluding ortho intramolecular Hbond substituents is 1. The molecule has 0 spiro atoms. The number of rotatable bonds is 4. The molecule has 5 heteroatoms. The van der Waals surface area contributed by atoms with Crippen LogP contribution in [0.15, 0.2) is 66.7 Å². The van der Waals surface area contributed by atoms with Gasteiger partial charge in [-0.15, -0.1) is 0 Å². The van der Waals surface area contributed by atoms with E-state index in [9.17, 15) is 14.7 Å². The minimum Gasteiger partial charge on any atom is -0.506 e. The van der Waals surface area contributed by atoms with Crippen molar-refractivity contribution in [2.24, 2.45) is 0 Å². The molecule has 5 nitrogen and oxygen atoms in total. The molecule has 0 bridgehead atoms. The van der Waals surface area contributed by atoms with Crippen LogP contribution in [0.25, 0.3) is 10.8 Å². The first-order chi connectivity index (χ1) is 14.1. The Morgan fingerprint density at radius 3 is 2.31 bits per heavy atom. The van der Waals surface area contributed by atoms with Gasteiger partial charge < -0.3 is 14.7 Å². The summed E-state index contributed by atoms with van der Waals surface area (Å²) < 4.78 is 5.68. The summed E-state index contributed by atoms with van der Waals surface area (Å²) in [5.41, 5.74) is 0.674. The first kappa shape index (κ1) is 19.0. The molecule has 29 heavy (non-hydrogen) atoms. The highest BCUT2D eigenvalue weighted by Gasteiger charge is 2.31. The van der Waals surface area contributed by atoms with Crippen molar-refractivity contribution < 1.29 is 19.4 Å². The number of piperidine rings is 1. The van der Waals surface area contributed by atoms with E-state index in [0.29, 0.717) is 24.0 Å². The molecule has 148 valence electrons. The van der Waals surface area contributed by atoms with Crippen LogP contribution in [-0.4, -0.2) is 35.0 Å². The molecule has 1 heterocycles. The van der Waals surface area contributed by atoms with Crippen molar-refractivity contribution in [2.75, 3.05) is 13.1 Å². The molecular formula is C24H23NO4. The number of carbonyl (C=O) groups is 2. The maximum Gasteiger partial charge on any atom is 0.343 e. The van der Waals surface area contributed by atoms with Crippen LogP contribution in [0, 0.1) is 0 Å². The van der Waals surface area contributed by atoms with E-state index < -0.39 is 12.1 Å². The monoisotopic (exact) mass is 389 g/mol. The topological polar surface area (TPSA) is 66.8 Å². The fourth-order valence-corrected chi connectivity index (χ4v) is 3.76. The van der Waals surface area contributed by atoms with Gasteiger partial charge in [0.2, 0.25) is 6.10 Å². The molecule has 1 aliphatic heterocycles. The predicted octanol–water partition coefficient (Wildman–Crippen LogP) is 4.46. The van der Waals surface area contributed by atoms with Crippen LogP contribution in [0.2, 0.25) is 0 Å². The van der Waals surface area contributed by atoms with Crippen LogP contribution in [-0.2, 0) is 9.53 Å². The molecule has 0 aromatic heterocycles. The highest BCUT2D eigenvalue weighted by Crippen LogP contribution is 2.31. The summed E-state index contributed by atoms with van der Waals surface area (Å²) in [6.45, 7) is 1.34. The van der Waals surface area contributed by atoms with Crippen molar-refractivity contribution in [2.45, 2.75) is 25.4 Å². The maximum absolute atomic E-state index is 13.1. The number of ether oxygens (including phenoxy) is 1. The Morgan fingerprint density at radius 2 is 1.55 bits per heavy atom. The SMILES string of the molecule is O=C(O[C@@H](C(=O)N1CCCCC1)c1ccccc1)c1ccc2ccccc2c1O. The Morgan fingerprint density at radius 1 is 0.862 bits per heavy atom. The summed E-state index contributed by atoms with van der Waals surface area (Å²) >= 11 is 0. The van der Waals surface area contributed by atoms with Gasteiger partial charge in [-0.25, -0.2) is 4.79 Å². The van der Waals surface area contributed by atoms with Crippen LogP contribution >= 0.6 is 0 Å². The van der Waals surface area contributed by atoms with Gasteiger partial charge >= 0.3 is 5.97 Å². The number of esters is 1. The molecule has 0 aliphatic carbocycles. The fourth-order valence-electron chi connectivity index (χ4n) is 3.76. The van der Waals surface area contributed by atoms with Crippen molar-refractivity contribution in [3.63, 3.8) is 0 Å². The second-order valence-corrected chi connectivity index (χ2v) is 7.26. The molecule has 1 amide bonds. The Bertz CT molecular complexity index is 1030. The lowest BCUT2D eigenvalue weighted by Crippen LogP contribution is -2.40. The van der Waals surface area contributed by atoms with Gasteiger partial charge in [0.1, 0.15) is 11.3 Å². The molecule has 4 rings (SSSR count). The molecule has 0 saturated carbocycles. The molecule has 1 atom stereocenters. The Hall–Kier alpha value is -3.34. The summed E-state index contributed by atoms with van der Waals surface area (Å²) in [6, 6.07) is 19.6. The van der Waals surface area contributed by atoms with Crippen molar-refractivity contribution in [3.8, 4) is 5.75 Å². The number of phenols is 1. The maximum atomic E-state index is 13.1. The van der Waals surface area contributed by atoms with Crippen LogP contribution in [0.3, 0.4) is 0 Å². The van der Waals surface area contributed by atoms with Crippen LogP contribution < -0.4 is 0 Å². The molecule has 3 aromatic rings. The van der Waals surface area contributed by atoms with Crippen molar-refractivity contribution in [1.82, 2.24) is 4.90 Å². The summed E-state index contributed by atoms with van der Waals surface area (Å²) in [6.07, 6.45) is 1.97. The van der Waals surface area contributed by atoms with Gasteiger partial charge in [-0.1, -0.05) is 60.7 Å². The highest BCUT2D eigenvalue weighted by atomic mass is 16.5. The third-order valence-electron chi connectivity index (χ3n) is 5.34. The zero-order chi connectivity index (χ0) is 20.2. The Labute approximate surface area is 169 Å². The fraction of sp³-hybridized carbons (Fsp3) is 0.250. The largest absolute Gasteiger partial charge is 0.506 e. The summed E-state index contributed by atoms with van der Waals surface area (Å²) in [5.74, 6) is -1.07. The lowest BCUT2D eigenvalue weighted by atomic mass is 10.0. The van der Waals surface area contributed by atoms with Gasteiger partial charge in [0.15, 0.2) is 0 Å². The van der Waals surface area contributed by atoms with Crippen LogP contribution in [0.5, 0.6) is 5.75 Å². The molecule has 1 aliphatic rings. The van der Waals surface area contributed by atoms with Gasteiger partial charge in [-0.2, -0.15) is 0 Å². The second-order valence-electron chi connectivity index (χ2n) is 7.26. The zero-order valence-electron chi connectivity index (χ0n) is 16.1. The van der Waals surface area contributed by atoms with Crippen molar-refractivity contribution in [3.05, 3.63) is 77.9 Å². The molecule has 1 N–H and O–H groups in total. The second kappa shape index (κ2) is 8.35. The quantitative estimate of drug-likeness (QED) is 0.669. The number of hydrogen-bond donors (Lipinski definition) is 1. The lowest BCUT2D eigenvalue weighted by Gasteiger charge is -2.30. The molecular weight excluding hydrogens is 366 g/mol. The van der Waals surface area contributed by atoms with Gasteiger partial charge in [0.05, 0.1) is 0 Å².